The SMILES string of the molecule is CC(=O)CC(C)=O.CC(=O)CC(C)=O.CC1(C)C=CN=C(c2ccccn2)C1.[Ni]. The molecule has 0 unspecified atom stereocenters. The molecule has 0 bridgehead atoms. The molecule has 29 heavy (non-hydrogen) atoms. The third kappa shape index (κ3) is 16.4. The van der Waals surface area contributed by atoms with Crippen molar-refractivity contribution in [3.63, 3.8) is 0 Å². The van der Waals surface area contributed by atoms with Crippen LogP contribution in [0.4, 0.5) is 0 Å². The Morgan fingerprint density at radius 2 is 1.38 bits per heavy atom. The molecular formula is C22H30N2NiO4. The first-order chi connectivity index (χ1) is 12.9. The van der Waals surface area contributed by atoms with Crippen LogP contribution in [0.5, 0.6) is 0 Å². The quantitative estimate of drug-likeness (QED) is 0.506. The molecule has 1 aromatic rings. The van der Waals surface area contributed by atoms with E-state index < -0.39 is 0 Å². The van der Waals surface area contributed by atoms with Crippen LogP contribution >= 0.6 is 0 Å². The van der Waals surface area contributed by atoms with Gasteiger partial charge < -0.3 is 0 Å². The smallest absolute Gasteiger partial charge is 0.137 e. The fourth-order valence-electron chi connectivity index (χ4n) is 2.26. The predicted molar refractivity (Wildman–Crippen MR) is 110 cm³/mol. The summed E-state index contributed by atoms with van der Waals surface area (Å²) in [7, 11) is 0. The van der Waals surface area contributed by atoms with Gasteiger partial charge in [-0.15, -0.1) is 0 Å². The Balaban J connectivity index is 0. The number of ketones is 4. The van der Waals surface area contributed by atoms with Crippen LogP contribution < -0.4 is 0 Å². The van der Waals surface area contributed by atoms with Crippen LogP contribution in [0.3, 0.4) is 0 Å². The molecule has 0 saturated carbocycles. The van der Waals surface area contributed by atoms with Crippen LogP contribution in [0.1, 0.15) is 66.5 Å². The number of allylic oxidation sites excluding steroid dienone is 1. The molecule has 2 rings (SSSR count). The number of rotatable bonds is 5. The summed E-state index contributed by atoms with van der Waals surface area (Å²) >= 11 is 0. The number of aliphatic imine (C=N–C) groups is 1. The van der Waals surface area contributed by atoms with Gasteiger partial charge >= 0.3 is 0 Å². The van der Waals surface area contributed by atoms with Gasteiger partial charge in [-0.2, -0.15) is 0 Å². The minimum atomic E-state index is -0.0625. The number of Topliss-reactive ketones (excluding diaryl/α,β-unsaturated/α-hetero) is 4. The molecule has 162 valence electrons. The number of aromatic nitrogens is 1. The molecule has 1 aliphatic rings. The van der Waals surface area contributed by atoms with Crippen LogP contribution in [-0.4, -0.2) is 33.8 Å². The monoisotopic (exact) mass is 444 g/mol. The summed E-state index contributed by atoms with van der Waals surface area (Å²) in [6.07, 6.45) is 6.95. The number of carbonyl (C=O) groups is 4. The van der Waals surface area contributed by atoms with E-state index in [1.807, 2.05) is 30.6 Å². The van der Waals surface area contributed by atoms with Crippen molar-refractivity contribution in [3.05, 3.63) is 42.4 Å². The Hall–Kier alpha value is -2.27. The molecular weight excluding hydrogens is 415 g/mol. The Kier molecular flexibility index (Phi) is 14.7. The van der Waals surface area contributed by atoms with Gasteiger partial charge in [0.2, 0.25) is 0 Å². The van der Waals surface area contributed by atoms with Gasteiger partial charge in [-0.1, -0.05) is 26.0 Å². The maximum absolute atomic E-state index is 10.0. The normalized spacial score (nSPS) is 13.2. The van der Waals surface area contributed by atoms with E-state index in [1.54, 1.807) is 0 Å². The van der Waals surface area contributed by atoms with Crippen molar-refractivity contribution in [1.82, 2.24) is 4.98 Å². The molecule has 0 fully saturated rings. The second-order valence-electron chi connectivity index (χ2n) is 7.43. The van der Waals surface area contributed by atoms with Crippen molar-refractivity contribution < 1.29 is 35.7 Å². The fraction of sp³-hybridized carbons (Fsp3) is 0.455. The van der Waals surface area contributed by atoms with Crippen LogP contribution in [0, 0.1) is 5.41 Å². The van der Waals surface area contributed by atoms with Crippen LogP contribution in [0.25, 0.3) is 0 Å². The van der Waals surface area contributed by atoms with Crippen LogP contribution in [0.2, 0.25) is 0 Å². The maximum atomic E-state index is 10.0. The second-order valence-corrected chi connectivity index (χ2v) is 7.43. The Morgan fingerprint density at radius 3 is 1.69 bits per heavy atom. The Morgan fingerprint density at radius 1 is 0.897 bits per heavy atom. The van der Waals surface area contributed by atoms with E-state index in [0.29, 0.717) is 0 Å². The van der Waals surface area contributed by atoms with Crippen molar-refractivity contribution in [3.8, 4) is 0 Å². The first kappa shape index (κ1) is 28.9. The van der Waals surface area contributed by atoms with Gasteiger partial charge in [-0.25, -0.2) is 0 Å². The molecule has 0 amide bonds. The molecule has 6 nitrogen and oxygen atoms in total. The zero-order chi connectivity index (χ0) is 21.7. The van der Waals surface area contributed by atoms with E-state index in [0.717, 1.165) is 17.8 Å². The predicted octanol–water partition coefficient (Wildman–Crippen LogP) is 3.92. The van der Waals surface area contributed by atoms with Crippen LogP contribution in [0.15, 0.2) is 41.7 Å². The minimum absolute atomic E-state index is 0. The van der Waals surface area contributed by atoms with Gasteiger partial charge in [0, 0.05) is 35.3 Å². The molecule has 1 aromatic heterocycles. The average Bonchev–Trinajstić information content (AvgIpc) is 2.53. The third-order valence-corrected chi connectivity index (χ3v) is 3.34. The number of hydrogen-bond donors (Lipinski definition) is 0. The summed E-state index contributed by atoms with van der Waals surface area (Å²) in [5.74, 6) is -0.250. The fourth-order valence-corrected chi connectivity index (χ4v) is 2.26. The van der Waals surface area contributed by atoms with Gasteiger partial charge in [0.15, 0.2) is 0 Å². The van der Waals surface area contributed by atoms with Crippen molar-refractivity contribution in [2.75, 3.05) is 0 Å². The molecule has 0 aromatic carbocycles. The summed E-state index contributed by atoms with van der Waals surface area (Å²) in [6, 6.07) is 5.93. The molecule has 0 saturated heterocycles. The molecule has 0 atom stereocenters. The average molecular weight is 445 g/mol. The van der Waals surface area contributed by atoms with Crippen molar-refractivity contribution >= 4 is 28.8 Å². The molecule has 0 radical (unpaired) electrons. The van der Waals surface area contributed by atoms with Gasteiger partial charge in [0.25, 0.3) is 0 Å². The molecule has 0 spiro atoms. The Bertz CT molecular complexity index is 703. The van der Waals surface area contributed by atoms with Crippen LogP contribution in [-0.2, 0) is 35.7 Å². The maximum Gasteiger partial charge on any atom is 0.137 e. The first-order valence-corrected chi connectivity index (χ1v) is 9.06. The number of carbonyl (C=O) groups excluding carboxylic acids is 4. The molecule has 0 N–H and O–H groups in total. The molecule has 2 heterocycles. The van der Waals surface area contributed by atoms with Crippen molar-refractivity contribution in [2.24, 2.45) is 10.4 Å². The molecule has 7 heteroatoms. The molecule has 1 aliphatic heterocycles. The Labute approximate surface area is 183 Å². The summed E-state index contributed by atoms with van der Waals surface area (Å²) in [6.45, 7) is 10.0. The van der Waals surface area contributed by atoms with Gasteiger partial charge in [-0.05, 0) is 45.2 Å². The van der Waals surface area contributed by atoms with Crippen molar-refractivity contribution in [2.45, 2.75) is 60.8 Å². The summed E-state index contributed by atoms with van der Waals surface area (Å²) in [5.41, 5.74) is 2.28. The van der Waals surface area contributed by atoms with E-state index in [-0.39, 0.29) is 57.9 Å². The number of nitrogens with zero attached hydrogens (tertiary/aromatic N) is 2. The summed E-state index contributed by atoms with van der Waals surface area (Å²) < 4.78 is 0. The minimum Gasteiger partial charge on any atom is -0.300 e. The van der Waals surface area contributed by atoms with E-state index in [4.69, 9.17) is 0 Å². The van der Waals surface area contributed by atoms with E-state index in [9.17, 15) is 19.2 Å². The second kappa shape index (κ2) is 14.7. The summed E-state index contributed by atoms with van der Waals surface area (Å²) in [5, 5.41) is 0. The topological polar surface area (TPSA) is 93.5 Å². The van der Waals surface area contributed by atoms with Gasteiger partial charge in [-0.3, -0.25) is 29.2 Å². The third-order valence-electron chi connectivity index (χ3n) is 3.34. The zero-order valence-corrected chi connectivity index (χ0v) is 18.9. The van der Waals surface area contributed by atoms with Gasteiger partial charge in [0.1, 0.15) is 23.1 Å². The van der Waals surface area contributed by atoms with E-state index in [1.165, 1.54) is 27.7 Å². The summed E-state index contributed by atoms with van der Waals surface area (Å²) in [4.78, 5) is 48.8. The number of pyridine rings is 1. The zero-order valence-electron chi connectivity index (χ0n) is 17.9. The van der Waals surface area contributed by atoms with E-state index in [2.05, 4.69) is 29.9 Å². The van der Waals surface area contributed by atoms with E-state index >= 15 is 0 Å². The number of hydrogen-bond acceptors (Lipinski definition) is 6. The first-order valence-electron chi connectivity index (χ1n) is 9.06. The largest absolute Gasteiger partial charge is 0.300 e. The van der Waals surface area contributed by atoms with Gasteiger partial charge in [0.05, 0.1) is 24.2 Å². The van der Waals surface area contributed by atoms with Crippen molar-refractivity contribution in [1.29, 1.82) is 0 Å². The molecule has 0 aliphatic carbocycles. The standard InChI is InChI=1S/C12H14N2.2C5H8O2.Ni/c1-12(2)6-8-14-11(9-12)10-5-3-4-7-13-10;2*1-4(6)3-5(2)7;/h3-8H,9H2,1-2H3;2*3H2,1-2H3;.